The van der Waals surface area contributed by atoms with Crippen LogP contribution < -0.4 is 41.5 Å². The summed E-state index contributed by atoms with van der Waals surface area (Å²) in [6.07, 6.45) is 9.69. The Hall–Kier alpha value is -3.99. The minimum atomic E-state index is -4.73. The molecule has 0 aliphatic carbocycles. The van der Waals surface area contributed by atoms with Crippen molar-refractivity contribution in [2.24, 2.45) is 0 Å². The highest BCUT2D eigenvalue weighted by Crippen LogP contribution is 2.51. The minimum absolute atomic E-state index is 0.571. The van der Waals surface area contributed by atoms with Gasteiger partial charge >= 0.3 is 141 Å². The number of allylic oxidation sites excluding steroid dienone is 2. The third kappa shape index (κ3) is 14.0. The summed E-state index contributed by atoms with van der Waals surface area (Å²) in [7, 11) is -65.0. The van der Waals surface area contributed by atoms with E-state index in [1.54, 1.807) is 52.4 Å². The maximum Gasteiger partial charge on any atom is 0.515 e. The highest BCUT2D eigenvalue weighted by atomic mass is 28.6. The van der Waals surface area contributed by atoms with Crippen molar-refractivity contribution in [3.8, 4) is 0 Å². The molecule has 0 unspecified atom stereocenters. The molecule has 12 saturated heterocycles. The molecule has 12 heterocycles. The molecule has 8 aromatic rings. The van der Waals surface area contributed by atoms with Gasteiger partial charge in [-0.15, -0.1) is 0 Å². The molecule has 0 amide bonds. The molecule has 0 aromatic heterocycles. The SMILES string of the molecule is C/C=C/CCCCC.C[Si]12O[Si]3(C)O[Si]4(C)O[Si](C)(O1)O[Si]1(C)O[Si](C)(O2)O[Si](C)(O3)O[Si](C)(O4)O1.c1ccc([Si]23O[Si]4(c5ccccc5)O[Si]5(c6ccccc6)O[Si](c6ccccc6)(O2)O[Si]2(c6ccccc6)O[Si](c6ccccc6)(O3)O[Si](c3ccccc3)(O4)O[Si](c3ccccc3)(O5)O2)cc1. The monoisotopic (exact) mass is 1680 g/mol. The lowest BCUT2D eigenvalue weighted by Gasteiger charge is -2.62. The van der Waals surface area contributed by atoms with Crippen LogP contribution in [0.4, 0.5) is 0 Å². The molecule has 24 nitrogen and oxygen atoms in total. The fourth-order valence-corrected chi connectivity index (χ4v) is 106. The van der Waals surface area contributed by atoms with E-state index in [1.165, 1.54) is 25.7 Å². The smallest absolute Gasteiger partial charge is 0.374 e. The lowest BCUT2D eigenvalue weighted by atomic mass is 10.2. The van der Waals surface area contributed by atoms with Crippen molar-refractivity contribution >= 4 is 182 Å². The quantitative estimate of drug-likeness (QED) is 0.0684. The predicted molar refractivity (Wildman–Crippen MR) is 413 cm³/mol. The fraction of sp³-hybridized carbons (Fsp3) is 0.219. The topological polar surface area (TPSA) is 222 Å². The summed E-state index contributed by atoms with van der Waals surface area (Å²) in [5, 5.41) is 4.57. The minimum Gasteiger partial charge on any atom is -0.374 e. The number of hydrogen-bond acceptors (Lipinski definition) is 24. The first-order valence-corrected chi connectivity index (χ1v) is 66.2. The zero-order chi connectivity index (χ0) is 72.1. The second kappa shape index (κ2) is 27.5. The standard InChI is InChI=1S/C48H40O12Si8.C8H24O12Si8.C8H16/c1-9-25-41(26-10-1)61-49-62(42-27-11-2-12-28-42)52-65(45-33-17-5-18-34-45)54-63(50-61,43-29-13-3-14-30-43)56-67(47-37-21-7-22-38-47)57-64(51-61,44-31-15-4-16-32-44)55-66(53-62,46-35-19-6-20-36-46)59-68(58-65,60-67)48-39-23-8-24-40-48;1-21-9-22(2)12-25(5)14-23(3,10-21)16-27(7)17-24(4,11-21)15-26(6,13-22)19-28(8,18-25)20-27;1-3-5-7-8-6-4-2/h1-40H;1-8H3;3,5H,4,6-8H2,1-2H3/b;;5-3+. The Kier molecular flexibility index (Phi) is 19.6. The maximum absolute atomic E-state index is 8.10. The summed E-state index contributed by atoms with van der Waals surface area (Å²) >= 11 is 0. The van der Waals surface area contributed by atoms with Crippen molar-refractivity contribution in [2.75, 3.05) is 0 Å². The lowest BCUT2D eigenvalue weighted by molar-refractivity contribution is -0.0191. The van der Waals surface area contributed by atoms with Crippen molar-refractivity contribution in [2.45, 2.75) is 91.9 Å². The van der Waals surface area contributed by atoms with E-state index >= 15 is 0 Å². The summed E-state index contributed by atoms with van der Waals surface area (Å²) in [4.78, 5) is 0. The highest BCUT2D eigenvalue weighted by molar-refractivity contribution is 7.15. The Bertz CT molecular complexity index is 3460. The summed E-state index contributed by atoms with van der Waals surface area (Å²) in [6, 6.07) is 76.9. The van der Waals surface area contributed by atoms with Crippen LogP contribution in [0.1, 0.15) is 39.5 Å². The van der Waals surface area contributed by atoms with Crippen molar-refractivity contribution in [3.05, 3.63) is 255 Å². The van der Waals surface area contributed by atoms with E-state index in [9.17, 15) is 0 Å². The molecule has 104 heavy (non-hydrogen) atoms. The van der Waals surface area contributed by atoms with E-state index < -0.39 is 141 Å². The third-order valence-electron chi connectivity index (χ3n) is 17.9. The van der Waals surface area contributed by atoms with Gasteiger partial charge in [-0.2, -0.15) is 0 Å². The largest absolute Gasteiger partial charge is 0.515 e. The van der Waals surface area contributed by atoms with Crippen LogP contribution in [0.2, 0.25) is 52.4 Å². The Morgan fingerprint density at radius 1 is 0.202 bits per heavy atom. The molecule has 12 fully saturated rings. The maximum atomic E-state index is 8.10. The molecule has 0 N–H and O–H groups in total. The molecule has 12 aliphatic rings. The molecule has 20 rings (SSSR count). The highest BCUT2D eigenvalue weighted by Gasteiger charge is 2.87. The third-order valence-corrected chi connectivity index (χ3v) is 87.6. The predicted octanol–water partition coefficient (Wildman–Crippen LogP) is 6.97. The van der Waals surface area contributed by atoms with Gasteiger partial charge in [0.2, 0.25) is 0 Å². The van der Waals surface area contributed by atoms with Gasteiger partial charge < -0.3 is 98.8 Å². The van der Waals surface area contributed by atoms with Gasteiger partial charge in [0, 0.05) is 93.9 Å². The molecule has 544 valence electrons. The second-order valence-electron chi connectivity index (χ2n) is 26.8. The molecule has 40 heteroatoms. The Labute approximate surface area is 623 Å². The van der Waals surface area contributed by atoms with Crippen LogP contribution in [0, 0.1) is 0 Å². The first kappa shape index (κ1) is 74.1. The van der Waals surface area contributed by atoms with Gasteiger partial charge in [-0.25, -0.2) is 0 Å². The van der Waals surface area contributed by atoms with E-state index in [0.717, 1.165) is 0 Å². The van der Waals surface area contributed by atoms with E-state index in [0.29, 0.717) is 41.5 Å². The fourth-order valence-electron chi connectivity index (χ4n) is 14.4. The van der Waals surface area contributed by atoms with E-state index in [1.807, 2.05) is 243 Å². The Morgan fingerprint density at radius 3 is 0.452 bits per heavy atom. The molecule has 12 aliphatic heterocycles. The Balaban J connectivity index is 0.000000190. The van der Waals surface area contributed by atoms with E-state index in [2.05, 4.69) is 26.0 Å². The van der Waals surface area contributed by atoms with Gasteiger partial charge in [-0.05, 0) is 19.8 Å². The van der Waals surface area contributed by atoms with Crippen molar-refractivity contribution in [3.63, 3.8) is 0 Å². The average Bonchev–Trinajstić information content (AvgIpc) is 0.672. The number of benzene rings is 8. The van der Waals surface area contributed by atoms with Crippen LogP contribution in [0.15, 0.2) is 255 Å². The zero-order valence-corrected chi connectivity index (χ0v) is 74.9. The van der Waals surface area contributed by atoms with Gasteiger partial charge in [0.15, 0.2) is 0 Å². The van der Waals surface area contributed by atoms with Gasteiger partial charge in [0.1, 0.15) is 0 Å². The van der Waals surface area contributed by atoms with Crippen LogP contribution >= 0.6 is 0 Å². The molecular formula is C64H80O24Si16. The normalized spacial score (nSPS) is 40.6. The molecule has 16 bridgehead atoms. The van der Waals surface area contributed by atoms with Gasteiger partial charge in [0.25, 0.3) is 0 Å². The van der Waals surface area contributed by atoms with Crippen molar-refractivity contribution in [1.82, 2.24) is 0 Å². The van der Waals surface area contributed by atoms with Gasteiger partial charge in [0.05, 0.1) is 0 Å². The molecular weight excluding hydrogens is 1600 g/mol. The Morgan fingerprint density at radius 2 is 0.337 bits per heavy atom. The number of hydrogen-bond donors (Lipinski definition) is 0. The van der Waals surface area contributed by atoms with Crippen LogP contribution in [0.3, 0.4) is 0 Å². The molecule has 0 atom stereocenters. The summed E-state index contributed by atoms with van der Waals surface area (Å²) in [5.41, 5.74) is 0. The number of rotatable bonds is 12. The summed E-state index contributed by atoms with van der Waals surface area (Å²) in [6.45, 7) is 18.3. The lowest BCUT2D eigenvalue weighted by Crippen LogP contribution is -2.96. The van der Waals surface area contributed by atoms with Crippen molar-refractivity contribution in [1.29, 1.82) is 0 Å². The molecule has 0 spiro atoms. The van der Waals surface area contributed by atoms with Crippen molar-refractivity contribution < 1.29 is 98.8 Å². The first-order valence-electron chi connectivity index (χ1n) is 34.6. The number of unbranched alkanes of at least 4 members (excludes halogenated alkanes) is 3. The molecule has 8 aromatic carbocycles. The second-order valence-corrected chi connectivity index (χ2v) is 73.7. The van der Waals surface area contributed by atoms with Crippen LogP contribution in [-0.4, -0.2) is 141 Å². The van der Waals surface area contributed by atoms with E-state index in [4.69, 9.17) is 98.8 Å². The summed E-state index contributed by atoms with van der Waals surface area (Å²) in [5.74, 6) is 0. The van der Waals surface area contributed by atoms with Crippen LogP contribution in [0.5, 0.6) is 0 Å². The average molecular weight is 1680 g/mol. The van der Waals surface area contributed by atoms with E-state index in [-0.39, 0.29) is 0 Å². The zero-order valence-electron chi connectivity index (χ0n) is 58.9. The van der Waals surface area contributed by atoms with Gasteiger partial charge in [-0.3, -0.25) is 0 Å². The molecule has 0 saturated carbocycles. The summed E-state index contributed by atoms with van der Waals surface area (Å²) < 4.78 is 174. The van der Waals surface area contributed by atoms with Crippen LogP contribution in [0.25, 0.3) is 0 Å². The van der Waals surface area contributed by atoms with Gasteiger partial charge in [-0.1, -0.05) is 275 Å². The van der Waals surface area contributed by atoms with Crippen LogP contribution in [-0.2, 0) is 98.8 Å². The molecule has 0 radical (unpaired) electrons. The first-order chi connectivity index (χ1) is 49.7.